The van der Waals surface area contributed by atoms with Crippen LogP contribution in [0.2, 0.25) is 0 Å². The number of primary amides is 1. The van der Waals surface area contributed by atoms with Crippen molar-refractivity contribution >= 4 is 23.4 Å². The molecule has 0 saturated carbocycles. The molecular formula is C9H9N3OS. The van der Waals surface area contributed by atoms with Gasteiger partial charge in [0, 0.05) is 18.2 Å². The molecule has 1 amide bonds. The van der Waals surface area contributed by atoms with Gasteiger partial charge in [-0.15, -0.1) is 11.8 Å². The number of fused-ring (bicyclic) bond motifs is 1. The third-order valence-electron chi connectivity index (χ3n) is 1.84. The van der Waals surface area contributed by atoms with E-state index in [0.29, 0.717) is 5.71 Å². The van der Waals surface area contributed by atoms with Crippen molar-refractivity contribution in [2.45, 2.75) is 0 Å². The number of hydrogen-bond donors (Lipinski definition) is 1. The Morgan fingerprint density at radius 3 is 3.29 bits per heavy atom. The zero-order valence-corrected chi connectivity index (χ0v) is 8.20. The van der Waals surface area contributed by atoms with Crippen LogP contribution in [0.15, 0.2) is 40.0 Å². The highest BCUT2D eigenvalue weighted by atomic mass is 32.2. The predicted octanol–water partition coefficient (Wildman–Crippen LogP) is 0.801. The molecule has 72 valence electrons. The minimum Gasteiger partial charge on any atom is -0.364 e. The Hall–Kier alpha value is -1.49. The number of carbonyl (C=O) groups is 1. The van der Waals surface area contributed by atoms with Gasteiger partial charge in [0.15, 0.2) is 0 Å². The smallest absolute Gasteiger partial charge is 0.267 e. The molecule has 0 aromatic heterocycles. The van der Waals surface area contributed by atoms with Gasteiger partial charge in [0.2, 0.25) is 0 Å². The van der Waals surface area contributed by atoms with E-state index in [4.69, 9.17) is 5.73 Å². The van der Waals surface area contributed by atoms with Gasteiger partial charge >= 0.3 is 0 Å². The fraction of sp³-hybridized carbons (Fsp3) is 0.111. The van der Waals surface area contributed by atoms with Gasteiger partial charge in [-0.1, -0.05) is 6.08 Å². The van der Waals surface area contributed by atoms with E-state index in [1.54, 1.807) is 6.08 Å². The first-order valence-corrected chi connectivity index (χ1v) is 5.05. The molecule has 14 heavy (non-hydrogen) atoms. The summed E-state index contributed by atoms with van der Waals surface area (Å²) < 4.78 is 0. The van der Waals surface area contributed by atoms with Crippen LogP contribution >= 0.6 is 11.8 Å². The molecule has 0 spiro atoms. The highest BCUT2D eigenvalue weighted by Gasteiger charge is 2.14. The Morgan fingerprint density at radius 1 is 1.64 bits per heavy atom. The average Bonchev–Trinajstić information content (AvgIpc) is 2.41. The summed E-state index contributed by atoms with van der Waals surface area (Å²) in [5.74, 6) is 0.264. The first-order valence-electron chi connectivity index (χ1n) is 4.11. The SMILES string of the molecule is NC(=O)C1=NC2=CSC=CCN2C=C1. The van der Waals surface area contributed by atoms with Crippen molar-refractivity contribution in [1.82, 2.24) is 4.90 Å². The monoisotopic (exact) mass is 207 g/mol. The molecule has 0 aromatic rings. The molecule has 2 N–H and O–H groups in total. The molecule has 0 fully saturated rings. The zero-order valence-electron chi connectivity index (χ0n) is 7.38. The molecule has 0 bridgehead atoms. The van der Waals surface area contributed by atoms with E-state index in [-0.39, 0.29) is 0 Å². The van der Waals surface area contributed by atoms with E-state index in [1.165, 1.54) is 11.8 Å². The second-order valence-electron chi connectivity index (χ2n) is 2.81. The summed E-state index contributed by atoms with van der Waals surface area (Å²) in [7, 11) is 0. The minimum atomic E-state index is -0.496. The molecule has 4 nitrogen and oxygen atoms in total. The van der Waals surface area contributed by atoms with Gasteiger partial charge in [-0.3, -0.25) is 4.79 Å². The summed E-state index contributed by atoms with van der Waals surface area (Å²) in [5, 5.41) is 3.87. The Morgan fingerprint density at radius 2 is 2.50 bits per heavy atom. The molecule has 2 rings (SSSR count). The summed E-state index contributed by atoms with van der Waals surface area (Å²) in [6.07, 6.45) is 5.47. The third-order valence-corrected chi connectivity index (χ3v) is 2.54. The molecule has 0 saturated heterocycles. The van der Waals surface area contributed by atoms with E-state index >= 15 is 0 Å². The van der Waals surface area contributed by atoms with Crippen molar-refractivity contribution in [3.05, 3.63) is 35.0 Å². The molecular weight excluding hydrogens is 198 g/mol. The first kappa shape index (κ1) is 9.08. The van der Waals surface area contributed by atoms with Gasteiger partial charge in [-0.2, -0.15) is 0 Å². The lowest BCUT2D eigenvalue weighted by Crippen LogP contribution is -2.27. The lowest BCUT2D eigenvalue weighted by molar-refractivity contribution is -0.111. The predicted molar refractivity (Wildman–Crippen MR) is 57.3 cm³/mol. The van der Waals surface area contributed by atoms with Crippen molar-refractivity contribution in [1.29, 1.82) is 0 Å². The number of nitrogens with two attached hydrogens (primary N) is 1. The minimum absolute atomic E-state index is 0.301. The molecule has 5 heteroatoms. The topological polar surface area (TPSA) is 58.7 Å². The van der Waals surface area contributed by atoms with Crippen molar-refractivity contribution in [3.63, 3.8) is 0 Å². The Bertz CT molecular complexity index is 382. The van der Waals surface area contributed by atoms with Gasteiger partial charge in [0.1, 0.15) is 11.5 Å². The van der Waals surface area contributed by atoms with Crippen molar-refractivity contribution in [2.75, 3.05) is 6.54 Å². The van der Waals surface area contributed by atoms with Crippen LogP contribution in [0.5, 0.6) is 0 Å². The number of aliphatic imine (C=N–C) groups is 1. The lowest BCUT2D eigenvalue weighted by Gasteiger charge is -2.21. The lowest BCUT2D eigenvalue weighted by atomic mass is 10.3. The Kier molecular flexibility index (Phi) is 2.41. The first-order chi connectivity index (χ1) is 6.77. The van der Waals surface area contributed by atoms with Crippen LogP contribution < -0.4 is 5.73 Å². The summed E-state index contributed by atoms with van der Waals surface area (Å²) in [6, 6.07) is 0. The quantitative estimate of drug-likeness (QED) is 0.692. The number of carbonyl (C=O) groups excluding carboxylic acids is 1. The zero-order chi connectivity index (χ0) is 9.97. The number of amides is 1. The van der Waals surface area contributed by atoms with Gasteiger partial charge in [0.25, 0.3) is 5.91 Å². The van der Waals surface area contributed by atoms with Crippen molar-refractivity contribution in [2.24, 2.45) is 10.7 Å². The average molecular weight is 207 g/mol. The third kappa shape index (κ3) is 1.72. The van der Waals surface area contributed by atoms with E-state index < -0.39 is 5.91 Å². The Balaban J connectivity index is 2.29. The fourth-order valence-electron chi connectivity index (χ4n) is 1.16. The van der Waals surface area contributed by atoms with Crippen LogP contribution in [0.1, 0.15) is 0 Å². The number of rotatable bonds is 1. The summed E-state index contributed by atoms with van der Waals surface area (Å²) in [5.41, 5.74) is 5.44. The van der Waals surface area contributed by atoms with Gasteiger partial charge in [0.05, 0.1) is 0 Å². The summed E-state index contributed by atoms with van der Waals surface area (Å²) >= 11 is 1.54. The van der Waals surface area contributed by atoms with E-state index in [1.807, 2.05) is 28.0 Å². The summed E-state index contributed by atoms with van der Waals surface area (Å²) in [4.78, 5) is 17.0. The maximum Gasteiger partial charge on any atom is 0.267 e. The fourth-order valence-corrected chi connectivity index (χ4v) is 1.75. The molecule has 2 heterocycles. The molecule has 0 aromatic carbocycles. The number of thioether (sulfide) groups is 1. The standard InChI is InChI=1S/C9H9N3OS/c10-9(13)7-2-4-12-3-1-5-14-6-8(12)11-7/h1-2,4-6H,3H2,(H2,10,13). The molecule has 0 aliphatic carbocycles. The van der Waals surface area contributed by atoms with Crippen LogP contribution in [-0.2, 0) is 4.79 Å². The molecule has 0 atom stereocenters. The van der Waals surface area contributed by atoms with Gasteiger partial charge in [-0.25, -0.2) is 4.99 Å². The van der Waals surface area contributed by atoms with Crippen LogP contribution in [0, 0.1) is 0 Å². The van der Waals surface area contributed by atoms with Crippen molar-refractivity contribution in [3.8, 4) is 0 Å². The highest BCUT2D eigenvalue weighted by Crippen LogP contribution is 2.20. The van der Waals surface area contributed by atoms with Gasteiger partial charge < -0.3 is 10.6 Å². The largest absolute Gasteiger partial charge is 0.364 e. The second kappa shape index (κ2) is 3.71. The Labute approximate surface area is 85.9 Å². The molecule has 0 unspecified atom stereocenters. The summed E-state index contributed by atoms with van der Waals surface area (Å²) in [6.45, 7) is 0.769. The van der Waals surface area contributed by atoms with Crippen LogP contribution in [0.4, 0.5) is 0 Å². The van der Waals surface area contributed by atoms with Crippen LogP contribution in [0.25, 0.3) is 0 Å². The van der Waals surface area contributed by atoms with Crippen molar-refractivity contribution < 1.29 is 4.79 Å². The van der Waals surface area contributed by atoms with E-state index in [9.17, 15) is 4.79 Å². The van der Waals surface area contributed by atoms with E-state index in [0.717, 1.165) is 12.4 Å². The second-order valence-corrected chi connectivity index (χ2v) is 3.59. The van der Waals surface area contributed by atoms with E-state index in [2.05, 4.69) is 4.99 Å². The number of nitrogens with zero attached hydrogens (tertiary/aromatic N) is 2. The maximum atomic E-state index is 10.9. The normalized spacial score (nSPS) is 19.6. The van der Waals surface area contributed by atoms with Crippen LogP contribution in [-0.4, -0.2) is 23.1 Å². The maximum absolute atomic E-state index is 10.9. The molecule has 2 aliphatic heterocycles. The highest BCUT2D eigenvalue weighted by molar-refractivity contribution is 8.04. The number of hydrogen-bond acceptors (Lipinski definition) is 4. The van der Waals surface area contributed by atoms with Crippen LogP contribution in [0.3, 0.4) is 0 Å². The molecule has 0 radical (unpaired) electrons. The molecule has 2 aliphatic rings. The van der Waals surface area contributed by atoms with Gasteiger partial charge in [-0.05, 0) is 11.5 Å².